The number of anilines is 1. The maximum atomic E-state index is 13.2. The predicted molar refractivity (Wildman–Crippen MR) is 119 cm³/mol. The zero-order valence-electron chi connectivity index (χ0n) is 18.4. The number of aromatic nitrogens is 2. The van der Waals surface area contributed by atoms with Gasteiger partial charge in [-0.3, -0.25) is 14.5 Å². The Morgan fingerprint density at radius 3 is 2.52 bits per heavy atom. The van der Waals surface area contributed by atoms with E-state index in [1.165, 1.54) is 53.5 Å². The number of rotatable bonds is 7. The topological polar surface area (TPSA) is 108 Å². The maximum Gasteiger partial charge on any atom is 0.323 e. The molecule has 0 unspecified atom stereocenters. The number of nitrogens with zero attached hydrogens (tertiary/aromatic N) is 4. The molecule has 8 nitrogen and oxygen atoms in total. The smallest absolute Gasteiger partial charge is 0.323 e. The van der Waals surface area contributed by atoms with Gasteiger partial charge in [0.2, 0.25) is 0 Å². The molecule has 1 aromatic heterocycles. The van der Waals surface area contributed by atoms with Crippen molar-refractivity contribution >= 4 is 17.6 Å². The molecule has 0 fully saturated rings. The van der Waals surface area contributed by atoms with Gasteiger partial charge in [-0.2, -0.15) is 10.4 Å². The van der Waals surface area contributed by atoms with Gasteiger partial charge in [-0.05, 0) is 47.9 Å². The summed E-state index contributed by atoms with van der Waals surface area (Å²) in [5, 5.41) is 23.0. The molecule has 1 heterocycles. The van der Waals surface area contributed by atoms with E-state index in [-0.39, 0.29) is 22.2 Å². The number of carbonyl (C=O) groups excluding carboxylic acids is 1. The van der Waals surface area contributed by atoms with Gasteiger partial charge >= 0.3 is 5.97 Å². The van der Waals surface area contributed by atoms with Crippen LogP contribution in [0.4, 0.5) is 10.1 Å². The molecule has 33 heavy (non-hydrogen) atoms. The van der Waals surface area contributed by atoms with Crippen molar-refractivity contribution < 1.29 is 23.8 Å². The molecule has 170 valence electrons. The highest BCUT2D eigenvalue weighted by Gasteiger charge is 2.23. The summed E-state index contributed by atoms with van der Waals surface area (Å²) in [4.78, 5) is 25.7. The third-order valence-electron chi connectivity index (χ3n) is 4.52. The Hall–Kier alpha value is -4.19. The number of ether oxygens (including phenoxy) is 1. The van der Waals surface area contributed by atoms with Gasteiger partial charge in [0.05, 0.1) is 29.6 Å². The summed E-state index contributed by atoms with van der Waals surface area (Å²) in [5.41, 5.74) is 0.958. The van der Waals surface area contributed by atoms with Gasteiger partial charge in [-0.25, -0.2) is 9.07 Å². The summed E-state index contributed by atoms with van der Waals surface area (Å²) in [6, 6.07) is 12.1. The second-order valence-electron chi connectivity index (χ2n) is 8.58. The molecule has 0 spiro atoms. The number of nitriles is 1. The fraction of sp³-hybridized carbons (Fsp3) is 0.250. The van der Waals surface area contributed by atoms with E-state index in [1.54, 1.807) is 6.07 Å². The van der Waals surface area contributed by atoms with E-state index >= 15 is 0 Å². The van der Waals surface area contributed by atoms with E-state index in [2.05, 4.69) is 5.10 Å². The summed E-state index contributed by atoms with van der Waals surface area (Å²) in [5.74, 6) is -1.89. The molecule has 0 aliphatic carbocycles. The molecule has 0 atom stereocenters. The predicted octanol–water partition coefficient (Wildman–Crippen LogP) is 4.04. The van der Waals surface area contributed by atoms with Crippen LogP contribution < -0.4 is 9.64 Å². The number of amides is 1. The van der Waals surface area contributed by atoms with Crippen molar-refractivity contribution in [2.24, 2.45) is 5.41 Å². The van der Waals surface area contributed by atoms with Crippen molar-refractivity contribution in [2.45, 2.75) is 20.8 Å². The Balaban J connectivity index is 1.91. The van der Waals surface area contributed by atoms with Crippen molar-refractivity contribution in [1.82, 2.24) is 9.78 Å². The van der Waals surface area contributed by atoms with Crippen LogP contribution in [0.15, 0.2) is 54.9 Å². The van der Waals surface area contributed by atoms with Crippen LogP contribution in [0.25, 0.3) is 5.69 Å². The standard InChI is InChI=1S/C24H23FN4O4/c1-24(2,3)15-33-21-9-8-20(10-16(21)11-26)28(14-22(30)31)23(32)17-12-27-29(13-17)19-6-4-18(25)5-7-19/h4-10,12-13H,14-15H2,1-3H3,(H,30,31). The lowest BCUT2D eigenvalue weighted by Crippen LogP contribution is -2.35. The third-order valence-corrected chi connectivity index (χ3v) is 4.52. The van der Waals surface area contributed by atoms with Crippen LogP contribution in [0, 0.1) is 22.6 Å². The van der Waals surface area contributed by atoms with Crippen molar-refractivity contribution in [3.8, 4) is 17.5 Å². The molecular weight excluding hydrogens is 427 g/mol. The van der Waals surface area contributed by atoms with Gasteiger partial charge in [0, 0.05) is 11.9 Å². The summed E-state index contributed by atoms with van der Waals surface area (Å²) in [6.45, 7) is 5.74. The van der Waals surface area contributed by atoms with Crippen molar-refractivity contribution in [2.75, 3.05) is 18.1 Å². The van der Waals surface area contributed by atoms with Gasteiger partial charge in [-0.1, -0.05) is 20.8 Å². The van der Waals surface area contributed by atoms with Gasteiger partial charge in [0.25, 0.3) is 5.91 Å². The highest BCUT2D eigenvalue weighted by molar-refractivity contribution is 6.08. The first-order chi connectivity index (χ1) is 15.6. The van der Waals surface area contributed by atoms with Gasteiger partial charge < -0.3 is 9.84 Å². The fourth-order valence-corrected chi connectivity index (χ4v) is 2.93. The molecule has 0 aliphatic rings. The molecule has 3 aromatic rings. The minimum absolute atomic E-state index is 0.124. The summed E-state index contributed by atoms with van der Waals surface area (Å²) >= 11 is 0. The number of carboxylic acids is 1. The van der Waals surface area contributed by atoms with Crippen LogP contribution in [0.2, 0.25) is 0 Å². The summed E-state index contributed by atoms with van der Waals surface area (Å²) < 4.78 is 20.3. The number of halogens is 1. The van der Waals surface area contributed by atoms with Crippen LogP contribution in [0.1, 0.15) is 36.7 Å². The lowest BCUT2D eigenvalue weighted by molar-refractivity contribution is -0.135. The largest absolute Gasteiger partial charge is 0.492 e. The highest BCUT2D eigenvalue weighted by Crippen LogP contribution is 2.27. The summed E-state index contributed by atoms with van der Waals surface area (Å²) in [6.07, 6.45) is 2.73. The maximum absolute atomic E-state index is 13.2. The van der Waals surface area contributed by atoms with E-state index in [1.807, 2.05) is 26.8 Å². The molecule has 0 radical (unpaired) electrons. The van der Waals surface area contributed by atoms with E-state index in [4.69, 9.17) is 4.74 Å². The SMILES string of the molecule is CC(C)(C)COc1ccc(N(CC(=O)O)C(=O)c2cnn(-c3ccc(F)cc3)c2)cc1C#N. The van der Waals surface area contributed by atoms with Crippen LogP contribution in [0.5, 0.6) is 5.75 Å². The zero-order valence-corrected chi connectivity index (χ0v) is 18.4. The van der Waals surface area contributed by atoms with Crippen molar-refractivity contribution in [3.63, 3.8) is 0 Å². The number of carboxylic acid groups (broad SMARTS) is 1. The minimum Gasteiger partial charge on any atom is -0.492 e. The first kappa shape index (κ1) is 23.5. The van der Waals surface area contributed by atoms with Gasteiger partial charge in [-0.15, -0.1) is 0 Å². The normalized spacial score (nSPS) is 11.0. The fourth-order valence-electron chi connectivity index (χ4n) is 2.93. The Morgan fingerprint density at radius 2 is 1.91 bits per heavy atom. The number of carbonyl (C=O) groups is 2. The van der Waals surface area contributed by atoms with Crippen LogP contribution in [0.3, 0.4) is 0 Å². The van der Waals surface area contributed by atoms with Gasteiger partial charge in [0.1, 0.15) is 24.2 Å². The Kier molecular flexibility index (Phi) is 6.78. The molecule has 1 amide bonds. The Morgan fingerprint density at radius 1 is 1.21 bits per heavy atom. The molecule has 9 heteroatoms. The third kappa shape index (κ3) is 5.95. The Labute approximate surface area is 190 Å². The van der Waals surface area contributed by atoms with Crippen molar-refractivity contribution in [3.05, 3.63) is 71.8 Å². The second kappa shape index (κ2) is 9.53. The van der Waals surface area contributed by atoms with Crippen LogP contribution >= 0.6 is 0 Å². The van der Waals surface area contributed by atoms with E-state index in [9.17, 15) is 24.3 Å². The van der Waals surface area contributed by atoms with E-state index < -0.39 is 24.2 Å². The average molecular weight is 450 g/mol. The van der Waals surface area contributed by atoms with Gasteiger partial charge in [0.15, 0.2) is 0 Å². The molecule has 0 bridgehead atoms. The number of aliphatic carboxylic acids is 1. The first-order valence-corrected chi connectivity index (χ1v) is 10.1. The quantitative estimate of drug-likeness (QED) is 0.582. The average Bonchev–Trinajstić information content (AvgIpc) is 3.25. The number of benzene rings is 2. The zero-order chi connectivity index (χ0) is 24.2. The monoisotopic (exact) mass is 450 g/mol. The van der Waals surface area contributed by atoms with Crippen LogP contribution in [-0.2, 0) is 4.79 Å². The van der Waals surface area contributed by atoms with E-state index in [0.29, 0.717) is 18.0 Å². The first-order valence-electron chi connectivity index (χ1n) is 10.1. The molecule has 2 aromatic carbocycles. The van der Waals surface area contributed by atoms with E-state index in [0.717, 1.165) is 4.90 Å². The number of hydrogen-bond acceptors (Lipinski definition) is 5. The Bertz CT molecular complexity index is 1210. The summed E-state index contributed by atoms with van der Waals surface area (Å²) in [7, 11) is 0. The van der Waals surface area contributed by atoms with Crippen molar-refractivity contribution in [1.29, 1.82) is 5.26 Å². The molecule has 0 aliphatic heterocycles. The van der Waals surface area contributed by atoms with Crippen LogP contribution in [-0.4, -0.2) is 39.9 Å². The molecule has 1 N–H and O–H groups in total. The lowest BCUT2D eigenvalue weighted by Gasteiger charge is -2.22. The number of hydrogen-bond donors (Lipinski definition) is 1. The molecular formula is C24H23FN4O4. The second-order valence-corrected chi connectivity index (χ2v) is 8.58. The molecule has 0 saturated carbocycles. The minimum atomic E-state index is -1.22. The highest BCUT2D eigenvalue weighted by atomic mass is 19.1. The lowest BCUT2D eigenvalue weighted by atomic mass is 9.98. The molecule has 0 saturated heterocycles. The molecule has 3 rings (SSSR count).